The van der Waals surface area contributed by atoms with E-state index in [0.29, 0.717) is 17.0 Å². The molecule has 0 radical (unpaired) electrons. The van der Waals surface area contributed by atoms with Crippen molar-refractivity contribution in [1.29, 1.82) is 0 Å². The highest BCUT2D eigenvalue weighted by molar-refractivity contribution is 7.36. The smallest absolute Gasteiger partial charge is 0.462 e. The number of hydrogen-bond acceptors (Lipinski definition) is 10. The lowest BCUT2D eigenvalue weighted by molar-refractivity contribution is -0.149. The molecule has 12 nitrogen and oxygen atoms in total. The van der Waals surface area contributed by atoms with Gasteiger partial charge in [0, 0.05) is 13.5 Å². The molecule has 0 amide bonds. The Morgan fingerprint density at radius 1 is 1.45 bits per heavy atom. The van der Waals surface area contributed by atoms with Crippen LogP contribution in [0, 0.1) is 0 Å². The minimum absolute atomic E-state index is 0.0140. The standard InChI is InChI=1S/C17H26FN7O5P/c1-8(2)29-16(26)9(3)24-31(27)28-6-10-5-11(18)15(30-10)25-7-21-12-13(20-4)22-17(19)23-14(12)25/h7-11,15H,5-6H2,1-4H3,(H,24,27)(H3,19,20,22,23)/q+1/t9?,10?,11-,15?/m0/s1. The van der Waals surface area contributed by atoms with Gasteiger partial charge in [-0.3, -0.25) is 9.36 Å². The summed E-state index contributed by atoms with van der Waals surface area (Å²) in [5.41, 5.74) is 6.49. The van der Waals surface area contributed by atoms with Crippen LogP contribution in [0.3, 0.4) is 0 Å². The molecule has 0 spiro atoms. The average Bonchev–Trinajstić information content (AvgIpc) is 3.27. The van der Waals surface area contributed by atoms with E-state index in [9.17, 15) is 13.8 Å². The third kappa shape index (κ3) is 5.42. The Morgan fingerprint density at radius 2 is 2.19 bits per heavy atom. The normalized spacial score (nSPS) is 22.6. The number of rotatable bonds is 9. The largest absolute Gasteiger partial charge is 0.613 e. The first kappa shape index (κ1) is 23.2. The predicted molar refractivity (Wildman–Crippen MR) is 110 cm³/mol. The fraction of sp³-hybridized carbons (Fsp3) is 0.647. The van der Waals surface area contributed by atoms with E-state index in [0.717, 1.165) is 0 Å². The molecule has 4 unspecified atom stereocenters. The van der Waals surface area contributed by atoms with E-state index in [4.69, 9.17) is 19.7 Å². The van der Waals surface area contributed by atoms with Gasteiger partial charge in [0.15, 0.2) is 23.2 Å². The number of hydrogen-bond donors (Lipinski definition) is 3. The van der Waals surface area contributed by atoms with Crippen molar-refractivity contribution < 1.29 is 27.7 Å². The van der Waals surface area contributed by atoms with E-state index in [2.05, 4.69) is 25.4 Å². The highest BCUT2D eigenvalue weighted by Gasteiger charge is 2.40. The van der Waals surface area contributed by atoms with Crippen LogP contribution < -0.4 is 16.1 Å². The van der Waals surface area contributed by atoms with Gasteiger partial charge < -0.3 is 20.5 Å². The molecular formula is C17H26FN7O5P+. The Kier molecular flexibility index (Phi) is 7.31. The molecule has 14 heteroatoms. The van der Waals surface area contributed by atoms with Crippen molar-refractivity contribution in [2.75, 3.05) is 24.7 Å². The number of nitrogens with one attached hydrogen (secondary N) is 2. The summed E-state index contributed by atoms with van der Waals surface area (Å²) in [6.45, 7) is 4.81. The lowest BCUT2D eigenvalue weighted by Crippen LogP contribution is -2.33. The quantitative estimate of drug-likeness (QED) is 0.371. The molecular weight excluding hydrogens is 432 g/mol. The summed E-state index contributed by atoms with van der Waals surface area (Å²) in [7, 11) is -0.711. The van der Waals surface area contributed by atoms with Crippen molar-refractivity contribution in [2.45, 2.75) is 57.8 Å². The molecule has 170 valence electrons. The van der Waals surface area contributed by atoms with Gasteiger partial charge in [-0.05, 0) is 25.3 Å². The number of alkyl halides is 1. The minimum Gasteiger partial charge on any atom is -0.462 e. The Bertz CT molecular complexity index is 958. The summed E-state index contributed by atoms with van der Waals surface area (Å²) in [4.78, 5) is 24.2. The second-order valence-electron chi connectivity index (χ2n) is 7.29. The molecule has 1 saturated heterocycles. The number of nitrogens with zero attached hydrogens (tertiary/aromatic N) is 4. The lowest BCUT2D eigenvalue weighted by Gasteiger charge is -2.15. The Labute approximate surface area is 179 Å². The number of halogens is 1. The minimum atomic E-state index is -2.37. The molecule has 0 aliphatic carbocycles. The fourth-order valence-corrected chi connectivity index (χ4v) is 3.88. The SMILES string of the molecule is CNc1nc(N)nc2c1ncn2C1OC(CO[P+](=O)NC(C)C(=O)OC(C)C)C[C@@H]1F. The highest BCUT2D eigenvalue weighted by atomic mass is 31.1. The maximum Gasteiger partial charge on any atom is 0.613 e. The summed E-state index contributed by atoms with van der Waals surface area (Å²) in [6, 6.07) is -0.819. The molecule has 5 atom stereocenters. The van der Waals surface area contributed by atoms with Crippen LogP contribution in [0.15, 0.2) is 6.33 Å². The molecule has 0 aromatic carbocycles. The topological polar surface area (TPSA) is 156 Å². The Balaban J connectivity index is 1.59. The molecule has 3 heterocycles. The number of ether oxygens (including phenoxy) is 2. The maximum atomic E-state index is 14.7. The molecule has 4 N–H and O–H groups in total. The van der Waals surface area contributed by atoms with Gasteiger partial charge in [0.1, 0.15) is 18.8 Å². The van der Waals surface area contributed by atoms with Crippen LogP contribution in [0.4, 0.5) is 16.2 Å². The number of carbonyl (C=O) groups is 1. The summed E-state index contributed by atoms with van der Waals surface area (Å²) in [5, 5.41) is 5.38. The second-order valence-corrected chi connectivity index (χ2v) is 8.32. The monoisotopic (exact) mass is 458 g/mol. The molecule has 3 rings (SSSR count). The third-order valence-electron chi connectivity index (χ3n) is 4.46. The van der Waals surface area contributed by atoms with Crippen LogP contribution in [0.5, 0.6) is 0 Å². The number of imidazole rings is 1. The molecule has 1 aliphatic rings. The summed E-state index contributed by atoms with van der Waals surface area (Å²) >= 11 is 0. The van der Waals surface area contributed by atoms with Gasteiger partial charge in [0.25, 0.3) is 0 Å². The predicted octanol–water partition coefficient (Wildman–Crippen LogP) is 1.68. The summed E-state index contributed by atoms with van der Waals surface area (Å²) in [5.74, 6) is -0.111. The number of esters is 1. The first-order valence-electron chi connectivity index (χ1n) is 9.73. The zero-order valence-electron chi connectivity index (χ0n) is 17.6. The van der Waals surface area contributed by atoms with Crippen molar-refractivity contribution in [3.63, 3.8) is 0 Å². The van der Waals surface area contributed by atoms with Gasteiger partial charge in [-0.1, -0.05) is 5.09 Å². The van der Waals surface area contributed by atoms with E-state index in [1.165, 1.54) is 17.8 Å². The van der Waals surface area contributed by atoms with Crippen LogP contribution >= 0.6 is 8.18 Å². The molecule has 1 aliphatic heterocycles. The lowest BCUT2D eigenvalue weighted by atomic mass is 10.2. The number of fused-ring (bicyclic) bond motifs is 1. The Hall–Kier alpha value is -2.47. The third-order valence-corrected chi connectivity index (χ3v) is 5.44. The van der Waals surface area contributed by atoms with Gasteiger partial charge >= 0.3 is 14.1 Å². The molecule has 2 aromatic rings. The van der Waals surface area contributed by atoms with Gasteiger partial charge in [0.2, 0.25) is 5.95 Å². The van der Waals surface area contributed by atoms with Crippen molar-refractivity contribution in [3.05, 3.63) is 6.33 Å². The highest BCUT2D eigenvalue weighted by Crippen LogP contribution is 2.35. The zero-order valence-corrected chi connectivity index (χ0v) is 18.5. The van der Waals surface area contributed by atoms with Crippen LogP contribution in [0.2, 0.25) is 0 Å². The van der Waals surface area contributed by atoms with Crippen LogP contribution in [0.25, 0.3) is 11.2 Å². The fourth-order valence-electron chi connectivity index (χ4n) is 3.08. The summed E-state index contributed by atoms with van der Waals surface area (Å²) < 4.78 is 44.2. The second kappa shape index (κ2) is 9.77. The van der Waals surface area contributed by atoms with Crippen molar-refractivity contribution in [1.82, 2.24) is 24.6 Å². The van der Waals surface area contributed by atoms with Gasteiger partial charge in [-0.25, -0.2) is 9.37 Å². The van der Waals surface area contributed by atoms with Gasteiger partial charge in [-0.15, -0.1) is 4.52 Å². The zero-order chi connectivity index (χ0) is 22.7. The molecule has 31 heavy (non-hydrogen) atoms. The first-order valence-corrected chi connectivity index (χ1v) is 10.9. The first-order chi connectivity index (χ1) is 14.7. The van der Waals surface area contributed by atoms with Crippen molar-refractivity contribution >= 4 is 37.1 Å². The van der Waals surface area contributed by atoms with Gasteiger partial charge in [-0.2, -0.15) is 9.97 Å². The molecule has 1 fully saturated rings. The molecule has 0 bridgehead atoms. The molecule has 0 saturated carbocycles. The summed E-state index contributed by atoms with van der Waals surface area (Å²) in [6.07, 6.45) is -1.87. The number of aromatic nitrogens is 4. The number of carbonyl (C=O) groups excluding carboxylic acids is 1. The Morgan fingerprint density at radius 3 is 2.87 bits per heavy atom. The van der Waals surface area contributed by atoms with E-state index in [1.807, 2.05) is 0 Å². The van der Waals surface area contributed by atoms with Crippen LogP contribution in [-0.2, 0) is 23.4 Å². The van der Waals surface area contributed by atoms with E-state index in [1.54, 1.807) is 20.9 Å². The van der Waals surface area contributed by atoms with Crippen LogP contribution in [-0.4, -0.2) is 63.6 Å². The number of anilines is 2. The van der Waals surface area contributed by atoms with E-state index >= 15 is 0 Å². The van der Waals surface area contributed by atoms with E-state index < -0.39 is 38.7 Å². The number of nitrogens with two attached hydrogens (primary N) is 1. The van der Waals surface area contributed by atoms with E-state index in [-0.39, 0.29) is 25.1 Å². The van der Waals surface area contributed by atoms with Crippen molar-refractivity contribution in [2.24, 2.45) is 0 Å². The number of nitrogen functional groups attached to an aromatic ring is 1. The van der Waals surface area contributed by atoms with Crippen molar-refractivity contribution in [3.8, 4) is 0 Å². The van der Waals surface area contributed by atoms with Crippen LogP contribution in [0.1, 0.15) is 33.4 Å². The molecule has 2 aromatic heterocycles. The average molecular weight is 458 g/mol. The van der Waals surface area contributed by atoms with Gasteiger partial charge in [0.05, 0.1) is 18.5 Å². The maximum absolute atomic E-state index is 14.7.